The molecule has 0 aliphatic heterocycles. The molecule has 0 unspecified atom stereocenters. The molecule has 0 saturated carbocycles. The number of hydrogen-bond donors (Lipinski definition) is 1. The normalized spacial score (nSPS) is 11.7. The summed E-state index contributed by atoms with van der Waals surface area (Å²) in [5.74, 6) is -1.17. The summed E-state index contributed by atoms with van der Waals surface area (Å²) in [5, 5.41) is 9.61. The monoisotopic (exact) mass is 363 g/mol. The molecule has 0 spiro atoms. The molecule has 3 rings (SSSR count). The first-order valence-corrected chi connectivity index (χ1v) is 7.92. The smallest absolute Gasteiger partial charge is 0.481 e. The second-order valence-corrected chi connectivity index (χ2v) is 5.95. The maximum absolute atomic E-state index is 12.5. The molecule has 0 radical (unpaired) electrons. The van der Waals surface area contributed by atoms with E-state index in [1.165, 1.54) is 12.1 Å². The number of ether oxygens (including phenoxy) is 1. The third kappa shape index (κ3) is 3.99. The number of carbonyl (C=O) groups is 1. The molecule has 0 atom stereocenters. The van der Waals surface area contributed by atoms with E-state index in [-0.39, 0.29) is 12.2 Å². The van der Waals surface area contributed by atoms with Crippen LogP contribution in [-0.2, 0) is 11.2 Å². The number of halogens is 3. The van der Waals surface area contributed by atoms with Crippen LogP contribution in [0.25, 0.3) is 16.6 Å². The topological polar surface area (TPSA) is 51.5 Å². The van der Waals surface area contributed by atoms with Gasteiger partial charge in [-0.25, -0.2) is 0 Å². The minimum atomic E-state index is -4.75. The quantitative estimate of drug-likeness (QED) is 0.705. The van der Waals surface area contributed by atoms with Gasteiger partial charge in [-0.05, 0) is 49.2 Å². The summed E-state index contributed by atoms with van der Waals surface area (Å²) in [6.07, 6.45) is -4.36. The Labute approximate surface area is 147 Å². The lowest BCUT2D eigenvalue weighted by Gasteiger charge is -2.12. The molecule has 1 aromatic heterocycles. The van der Waals surface area contributed by atoms with E-state index < -0.39 is 12.3 Å². The van der Waals surface area contributed by atoms with E-state index in [0.717, 1.165) is 22.3 Å². The standard InChI is InChI=1S/C19H16F3NO3/c1-12-9-14-6-7-16(26-19(20,21)22)11-17(14)23(12)15-4-2-3-13(10-15)5-8-18(24)25/h2-4,6-7,9-11H,5,8H2,1H3,(H,24,25). The number of aryl methyl sites for hydroxylation is 2. The molecule has 7 heteroatoms. The van der Waals surface area contributed by atoms with Crippen molar-refractivity contribution in [3.05, 3.63) is 59.8 Å². The van der Waals surface area contributed by atoms with Crippen LogP contribution in [0.4, 0.5) is 13.2 Å². The molecule has 0 amide bonds. The van der Waals surface area contributed by atoms with Gasteiger partial charge in [0.2, 0.25) is 0 Å². The minimum Gasteiger partial charge on any atom is -0.481 e. The Morgan fingerprint density at radius 3 is 2.62 bits per heavy atom. The summed E-state index contributed by atoms with van der Waals surface area (Å²) in [6.45, 7) is 1.86. The molecule has 4 nitrogen and oxygen atoms in total. The number of hydrogen-bond acceptors (Lipinski definition) is 2. The van der Waals surface area contributed by atoms with E-state index in [4.69, 9.17) is 5.11 Å². The van der Waals surface area contributed by atoms with E-state index in [9.17, 15) is 18.0 Å². The molecule has 0 aliphatic carbocycles. The van der Waals surface area contributed by atoms with E-state index in [1.807, 2.05) is 35.8 Å². The van der Waals surface area contributed by atoms with Gasteiger partial charge in [0.15, 0.2) is 0 Å². The van der Waals surface area contributed by atoms with Crippen LogP contribution in [0.3, 0.4) is 0 Å². The van der Waals surface area contributed by atoms with Crippen LogP contribution < -0.4 is 4.74 Å². The molecule has 26 heavy (non-hydrogen) atoms. The van der Waals surface area contributed by atoms with Crippen molar-refractivity contribution in [3.8, 4) is 11.4 Å². The van der Waals surface area contributed by atoms with Crippen molar-refractivity contribution < 1.29 is 27.8 Å². The van der Waals surface area contributed by atoms with Crippen LogP contribution in [0.5, 0.6) is 5.75 Å². The lowest BCUT2D eigenvalue weighted by Crippen LogP contribution is -2.17. The van der Waals surface area contributed by atoms with Gasteiger partial charge in [0, 0.05) is 29.3 Å². The SMILES string of the molecule is Cc1cc2ccc(OC(F)(F)F)cc2n1-c1cccc(CCC(=O)O)c1. The van der Waals surface area contributed by atoms with Gasteiger partial charge in [0.05, 0.1) is 5.52 Å². The molecule has 3 aromatic rings. The molecule has 0 aliphatic rings. The second-order valence-electron chi connectivity index (χ2n) is 5.95. The predicted octanol–water partition coefficient (Wildman–Crippen LogP) is 4.85. The van der Waals surface area contributed by atoms with Crippen molar-refractivity contribution >= 4 is 16.9 Å². The number of nitrogens with zero attached hydrogens (tertiary/aromatic N) is 1. The minimum absolute atomic E-state index is 0.0123. The van der Waals surface area contributed by atoms with Crippen molar-refractivity contribution in [2.75, 3.05) is 0 Å². The van der Waals surface area contributed by atoms with Crippen LogP contribution in [0.15, 0.2) is 48.5 Å². The Morgan fingerprint density at radius 2 is 1.92 bits per heavy atom. The number of fused-ring (bicyclic) bond motifs is 1. The van der Waals surface area contributed by atoms with Gasteiger partial charge >= 0.3 is 12.3 Å². The van der Waals surface area contributed by atoms with Gasteiger partial charge in [0.25, 0.3) is 0 Å². The predicted molar refractivity (Wildman–Crippen MR) is 90.7 cm³/mol. The molecule has 1 heterocycles. The number of alkyl halides is 3. The summed E-state index contributed by atoms with van der Waals surface area (Å²) in [6, 6.07) is 13.4. The van der Waals surface area contributed by atoms with Crippen molar-refractivity contribution in [1.82, 2.24) is 4.57 Å². The van der Waals surface area contributed by atoms with E-state index in [1.54, 1.807) is 12.1 Å². The zero-order chi connectivity index (χ0) is 18.9. The highest BCUT2D eigenvalue weighted by Gasteiger charge is 2.31. The number of carboxylic acid groups (broad SMARTS) is 1. The summed E-state index contributed by atoms with van der Waals surface area (Å²) in [5.41, 5.74) is 3.03. The molecule has 2 aromatic carbocycles. The van der Waals surface area contributed by atoms with Crippen molar-refractivity contribution in [3.63, 3.8) is 0 Å². The highest BCUT2D eigenvalue weighted by atomic mass is 19.4. The number of benzene rings is 2. The fraction of sp³-hybridized carbons (Fsp3) is 0.211. The van der Waals surface area contributed by atoms with E-state index >= 15 is 0 Å². The van der Waals surface area contributed by atoms with Crippen molar-refractivity contribution in [2.24, 2.45) is 0 Å². The van der Waals surface area contributed by atoms with Crippen LogP contribution in [0.2, 0.25) is 0 Å². The fourth-order valence-corrected chi connectivity index (χ4v) is 2.96. The third-order valence-electron chi connectivity index (χ3n) is 3.99. The summed E-state index contributed by atoms with van der Waals surface area (Å²) >= 11 is 0. The lowest BCUT2D eigenvalue weighted by atomic mass is 10.1. The molecule has 0 bridgehead atoms. The Hall–Kier alpha value is -2.96. The van der Waals surface area contributed by atoms with Gasteiger partial charge in [0.1, 0.15) is 5.75 Å². The van der Waals surface area contributed by atoms with Crippen LogP contribution >= 0.6 is 0 Å². The Kier molecular flexibility index (Phi) is 4.63. The fourth-order valence-electron chi connectivity index (χ4n) is 2.96. The molecule has 136 valence electrons. The van der Waals surface area contributed by atoms with E-state index in [2.05, 4.69) is 4.74 Å². The van der Waals surface area contributed by atoms with Gasteiger partial charge in [-0.1, -0.05) is 12.1 Å². The largest absolute Gasteiger partial charge is 0.573 e. The second kappa shape index (κ2) is 6.74. The zero-order valence-electron chi connectivity index (χ0n) is 13.9. The Morgan fingerprint density at radius 1 is 1.15 bits per heavy atom. The average molecular weight is 363 g/mol. The van der Waals surface area contributed by atoms with Gasteiger partial charge in [-0.2, -0.15) is 0 Å². The van der Waals surface area contributed by atoms with Crippen molar-refractivity contribution in [2.45, 2.75) is 26.1 Å². The molecule has 0 saturated heterocycles. The Balaban J connectivity index is 2.04. The molecule has 1 N–H and O–H groups in total. The highest BCUT2D eigenvalue weighted by Crippen LogP contribution is 2.30. The molecule has 0 fully saturated rings. The highest BCUT2D eigenvalue weighted by molar-refractivity contribution is 5.84. The van der Waals surface area contributed by atoms with Gasteiger partial charge in [-0.3, -0.25) is 4.79 Å². The maximum atomic E-state index is 12.5. The number of rotatable bonds is 5. The van der Waals surface area contributed by atoms with Gasteiger partial charge < -0.3 is 14.4 Å². The van der Waals surface area contributed by atoms with E-state index in [0.29, 0.717) is 11.9 Å². The lowest BCUT2D eigenvalue weighted by molar-refractivity contribution is -0.274. The van der Waals surface area contributed by atoms with Crippen LogP contribution in [0, 0.1) is 6.92 Å². The van der Waals surface area contributed by atoms with Gasteiger partial charge in [-0.15, -0.1) is 13.2 Å². The first kappa shape index (κ1) is 17.8. The number of aromatic nitrogens is 1. The van der Waals surface area contributed by atoms with Crippen LogP contribution in [0.1, 0.15) is 17.7 Å². The summed E-state index contributed by atoms with van der Waals surface area (Å²) in [7, 11) is 0. The summed E-state index contributed by atoms with van der Waals surface area (Å²) in [4.78, 5) is 10.8. The molecular weight excluding hydrogens is 347 g/mol. The third-order valence-corrected chi connectivity index (χ3v) is 3.99. The number of aliphatic carboxylic acids is 1. The summed E-state index contributed by atoms with van der Waals surface area (Å²) < 4.78 is 43.3. The average Bonchev–Trinajstić information content (AvgIpc) is 2.87. The Bertz CT molecular complexity index is 960. The maximum Gasteiger partial charge on any atom is 0.573 e. The number of carboxylic acids is 1. The molecular formula is C19H16F3NO3. The van der Waals surface area contributed by atoms with Crippen LogP contribution in [-0.4, -0.2) is 22.0 Å². The first-order chi connectivity index (χ1) is 12.2. The first-order valence-electron chi connectivity index (χ1n) is 7.92. The van der Waals surface area contributed by atoms with Crippen molar-refractivity contribution in [1.29, 1.82) is 0 Å². The zero-order valence-corrected chi connectivity index (χ0v) is 13.9.